The summed E-state index contributed by atoms with van der Waals surface area (Å²) in [6.07, 6.45) is 4.62. The predicted octanol–water partition coefficient (Wildman–Crippen LogP) is 2.62. The van der Waals surface area contributed by atoms with Crippen LogP contribution in [-0.4, -0.2) is 56.7 Å². The van der Waals surface area contributed by atoms with Gasteiger partial charge in [0.25, 0.3) is 0 Å². The van der Waals surface area contributed by atoms with E-state index < -0.39 is 0 Å². The summed E-state index contributed by atoms with van der Waals surface area (Å²) in [5, 5.41) is 25.0. The Hall–Kier alpha value is -2.91. The third-order valence-corrected chi connectivity index (χ3v) is 6.42. The summed E-state index contributed by atoms with van der Waals surface area (Å²) >= 11 is 1.57. The highest BCUT2D eigenvalue weighted by atomic mass is 32.1. The summed E-state index contributed by atoms with van der Waals surface area (Å²) in [6.45, 7) is 2.98. The van der Waals surface area contributed by atoms with Gasteiger partial charge in [-0.2, -0.15) is 14.7 Å². The summed E-state index contributed by atoms with van der Waals surface area (Å²) in [6, 6.07) is 8.77. The molecule has 0 saturated heterocycles. The molecule has 4 aromatic rings. The first-order valence-electron chi connectivity index (χ1n) is 9.63. The van der Waals surface area contributed by atoms with Crippen LogP contribution in [-0.2, 0) is 6.42 Å². The highest BCUT2D eigenvalue weighted by Gasteiger charge is 2.18. The molecule has 0 radical (unpaired) electrons. The van der Waals surface area contributed by atoms with Crippen molar-refractivity contribution in [3.05, 3.63) is 52.4 Å². The molecule has 1 aromatic carbocycles. The molecule has 0 saturated carbocycles. The molecule has 1 aliphatic heterocycles. The Morgan fingerprint density at radius 3 is 2.97 bits per heavy atom. The van der Waals surface area contributed by atoms with E-state index in [0.717, 1.165) is 33.2 Å². The number of pyridine rings is 1. The summed E-state index contributed by atoms with van der Waals surface area (Å²) in [5.41, 5.74) is 3.35. The second-order valence-electron chi connectivity index (χ2n) is 7.45. The van der Waals surface area contributed by atoms with Crippen molar-refractivity contribution in [1.29, 1.82) is 0 Å². The lowest BCUT2D eigenvalue weighted by Gasteiger charge is -2.11. The van der Waals surface area contributed by atoms with Crippen LogP contribution in [0.4, 0.5) is 0 Å². The molecule has 0 spiro atoms. The molecule has 8 nitrogen and oxygen atoms in total. The van der Waals surface area contributed by atoms with Crippen LogP contribution in [0.5, 0.6) is 0 Å². The van der Waals surface area contributed by atoms with E-state index in [1.807, 2.05) is 36.0 Å². The van der Waals surface area contributed by atoms with E-state index in [1.165, 1.54) is 11.1 Å². The smallest absolute Gasteiger partial charge is 0.234 e. The quantitative estimate of drug-likeness (QED) is 0.549. The fourth-order valence-electron chi connectivity index (χ4n) is 3.54. The average molecular weight is 407 g/mol. The molecule has 9 heteroatoms. The van der Waals surface area contributed by atoms with Crippen LogP contribution in [0.2, 0.25) is 0 Å². The Balaban J connectivity index is 1.45. The largest absolute Gasteiger partial charge is 0.311 e. The number of rotatable bonds is 5. The fourth-order valence-corrected chi connectivity index (χ4v) is 4.46. The number of hydrazone groups is 1. The van der Waals surface area contributed by atoms with Crippen molar-refractivity contribution >= 4 is 33.4 Å². The molecule has 148 valence electrons. The molecule has 0 amide bonds. The number of hydrogen-bond donors (Lipinski definition) is 1. The third kappa shape index (κ3) is 3.36. The zero-order valence-corrected chi connectivity index (χ0v) is 17.4. The number of benzene rings is 1. The number of hydrogen-bond acceptors (Lipinski definition) is 8. The van der Waals surface area contributed by atoms with Crippen molar-refractivity contribution in [1.82, 2.24) is 35.1 Å². The van der Waals surface area contributed by atoms with E-state index in [2.05, 4.69) is 56.8 Å². The van der Waals surface area contributed by atoms with E-state index in [-0.39, 0.29) is 6.04 Å². The van der Waals surface area contributed by atoms with Gasteiger partial charge < -0.3 is 5.32 Å². The topological polar surface area (TPSA) is 83.6 Å². The van der Waals surface area contributed by atoms with Crippen LogP contribution in [0, 0.1) is 0 Å². The maximum Gasteiger partial charge on any atom is 0.234 e. The molecule has 5 rings (SSSR count). The van der Waals surface area contributed by atoms with Crippen molar-refractivity contribution in [3.8, 4) is 0 Å². The summed E-state index contributed by atoms with van der Waals surface area (Å²) in [4.78, 5) is 5.47. The standard InChI is InChI=1S/C20H22N8S/c1-12(21-2)19-26-28-18(24-25-20(28)29-19)7-13-4-5-17-14(6-13)8-15(9-22-17)16-10-23-27(3)11-16/h4-6,8-10,12,16,21H,7,11H2,1-3H3/t12-,16?/m1/s1. The molecule has 1 unspecified atom stereocenters. The summed E-state index contributed by atoms with van der Waals surface area (Å²) in [7, 11) is 3.92. The van der Waals surface area contributed by atoms with Gasteiger partial charge in [0.15, 0.2) is 5.82 Å². The van der Waals surface area contributed by atoms with Gasteiger partial charge in [-0.15, -0.1) is 10.2 Å². The summed E-state index contributed by atoms with van der Waals surface area (Å²) in [5.74, 6) is 1.14. The van der Waals surface area contributed by atoms with Gasteiger partial charge in [-0.1, -0.05) is 17.4 Å². The molecule has 29 heavy (non-hydrogen) atoms. The van der Waals surface area contributed by atoms with E-state index in [1.54, 1.807) is 11.3 Å². The lowest BCUT2D eigenvalue weighted by atomic mass is 10.00. The molecule has 1 N–H and O–H groups in total. The Kier molecular flexibility index (Phi) is 4.48. The second kappa shape index (κ2) is 7.16. The van der Waals surface area contributed by atoms with Gasteiger partial charge in [0, 0.05) is 43.7 Å². The van der Waals surface area contributed by atoms with Gasteiger partial charge in [0.05, 0.1) is 11.6 Å². The Bertz CT molecular complexity index is 1210. The second-order valence-corrected chi connectivity index (χ2v) is 8.43. The minimum Gasteiger partial charge on any atom is -0.311 e. The molecule has 0 aliphatic carbocycles. The molecule has 1 aliphatic rings. The van der Waals surface area contributed by atoms with Gasteiger partial charge in [-0.3, -0.25) is 9.99 Å². The minimum absolute atomic E-state index is 0.192. The van der Waals surface area contributed by atoms with E-state index in [9.17, 15) is 0 Å². The van der Waals surface area contributed by atoms with Gasteiger partial charge in [0.2, 0.25) is 4.96 Å². The highest BCUT2D eigenvalue weighted by Crippen LogP contribution is 2.25. The van der Waals surface area contributed by atoms with Crippen molar-refractivity contribution in [2.24, 2.45) is 5.10 Å². The SMILES string of the molecule is CN[C@H](C)c1nn2c(Cc3ccc4ncc(C5C=NN(C)C5)cc4c3)nnc2s1. The van der Waals surface area contributed by atoms with Crippen LogP contribution in [0.1, 0.15) is 40.8 Å². The first-order chi connectivity index (χ1) is 14.1. The first kappa shape index (κ1) is 18.1. The number of aromatic nitrogens is 5. The Morgan fingerprint density at radius 1 is 1.28 bits per heavy atom. The number of nitrogens with one attached hydrogen (secondary N) is 1. The third-order valence-electron chi connectivity index (χ3n) is 5.34. The molecule has 0 bridgehead atoms. The minimum atomic E-state index is 0.192. The van der Waals surface area contributed by atoms with E-state index in [4.69, 9.17) is 5.10 Å². The lowest BCUT2D eigenvalue weighted by molar-refractivity contribution is 0.381. The van der Waals surface area contributed by atoms with E-state index >= 15 is 0 Å². The zero-order valence-electron chi connectivity index (χ0n) is 16.6. The average Bonchev–Trinajstić information content (AvgIpc) is 3.44. The van der Waals surface area contributed by atoms with Crippen LogP contribution < -0.4 is 5.32 Å². The fraction of sp³-hybridized carbons (Fsp3) is 0.350. The molecule has 2 atom stereocenters. The van der Waals surface area contributed by atoms with Gasteiger partial charge in [0.1, 0.15) is 5.01 Å². The molecule has 4 heterocycles. The monoisotopic (exact) mass is 406 g/mol. The number of fused-ring (bicyclic) bond motifs is 2. The lowest BCUT2D eigenvalue weighted by Crippen LogP contribution is -2.12. The molecule has 3 aromatic heterocycles. The van der Waals surface area contributed by atoms with E-state index in [0.29, 0.717) is 12.3 Å². The van der Waals surface area contributed by atoms with Gasteiger partial charge >= 0.3 is 0 Å². The normalized spacial score (nSPS) is 17.6. The molecule has 0 fully saturated rings. The first-order valence-corrected chi connectivity index (χ1v) is 10.4. The van der Waals surface area contributed by atoms with Crippen molar-refractivity contribution in [3.63, 3.8) is 0 Å². The van der Waals surface area contributed by atoms with Crippen LogP contribution >= 0.6 is 11.3 Å². The number of likely N-dealkylation sites (N-methyl/N-ethyl adjacent to an activating group) is 1. The zero-order chi connectivity index (χ0) is 20.0. The molecular weight excluding hydrogens is 384 g/mol. The van der Waals surface area contributed by atoms with Crippen LogP contribution in [0.25, 0.3) is 15.9 Å². The van der Waals surface area contributed by atoms with Gasteiger partial charge in [-0.25, -0.2) is 0 Å². The maximum atomic E-state index is 4.69. The van der Waals surface area contributed by atoms with Crippen molar-refractivity contribution < 1.29 is 0 Å². The maximum absolute atomic E-state index is 4.69. The predicted molar refractivity (Wildman–Crippen MR) is 115 cm³/mol. The Morgan fingerprint density at radius 2 is 2.17 bits per heavy atom. The highest BCUT2D eigenvalue weighted by molar-refractivity contribution is 7.16. The van der Waals surface area contributed by atoms with Crippen LogP contribution in [0.15, 0.2) is 35.6 Å². The Labute approximate surface area is 172 Å². The van der Waals surface area contributed by atoms with Crippen LogP contribution in [0.3, 0.4) is 0 Å². The van der Waals surface area contributed by atoms with Crippen molar-refractivity contribution in [2.75, 3.05) is 20.6 Å². The summed E-state index contributed by atoms with van der Waals surface area (Å²) < 4.78 is 1.86. The van der Waals surface area contributed by atoms with Crippen molar-refractivity contribution in [2.45, 2.75) is 25.3 Å². The van der Waals surface area contributed by atoms with Gasteiger partial charge in [-0.05, 0) is 43.3 Å². The number of nitrogens with zero attached hydrogens (tertiary/aromatic N) is 7. The molecular formula is C20H22N8S.